The summed E-state index contributed by atoms with van der Waals surface area (Å²) in [6.45, 7) is 4.25. The summed E-state index contributed by atoms with van der Waals surface area (Å²) in [5.41, 5.74) is 3.44. The minimum Gasteiger partial charge on any atom is -0.495 e. The van der Waals surface area contributed by atoms with Gasteiger partial charge in [0.05, 0.1) is 25.0 Å². The van der Waals surface area contributed by atoms with Crippen molar-refractivity contribution in [1.82, 2.24) is 10.3 Å². The summed E-state index contributed by atoms with van der Waals surface area (Å²) in [4.78, 5) is 16.3. The van der Waals surface area contributed by atoms with Crippen LogP contribution in [-0.2, 0) is 6.54 Å². The summed E-state index contributed by atoms with van der Waals surface area (Å²) in [7, 11) is 1.57. The van der Waals surface area contributed by atoms with E-state index in [1.807, 2.05) is 50.2 Å². The molecule has 0 bridgehead atoms. The van der Waals surface area contributed by atoms with E-state index in [1.165, 1.54) is 0 Å². The molecule has 21 heavy (non-hydrogen) atoms. The van der Waals surface area contributed by atoms with E-state index in [4.69, 9.17) is 4.74 Å². The Labute approximate surface area is 124 Å². The second-order valence-electron chi connectivity index (χ2n) is 4.78. The summed E-state index contributed by atoms with van der Waals surface area (Å²) in [6.07, 6.45) is 0. The molecule has 2 amide bonds. The first-order chi connectivity index (χ1) is 10.1. The molecule has 0 saturated carbocycles. The number of nitrogens with zero attached hydrogens (tertiary/aromatic N) is 1. The molecule has 1 heterocycles. The van der Waals surface area contributed by atoms with E-state index in [0.29, 0.717) is 18.0 Å². The van der Waals surface area contributed by atoms with Crippen molar-refractivity contribution in [3.63, 3.8) is 0 Å². The average Bonchev–Trinajstić information content (AvgIpc) is 2.45. The van der Waals surface area contributed by atoms with Gasteiger partial charge in [0.1, 0.15) is 5.75 Å². The van der Waals surface area contributed by atoms with E-state index in [1.54, 1.807) is 7.11 Å². The molecule has 0 spiro atoms. The number of carbonyl (C=O) groups is 1. The monoisotopic (exact) mass is 285 g/mol. The number of ether oxygens (including phenoxy) is 1. The van der Waals surface area contributed by atoms with Gasteiger partial charge in [-0.3, -0.25) is 4.98 Å². The highest BCUT2D eigenvalue weighted by Crippen LogP contribution is 2.24. The number of urea groups is 1. The smallest absolute Gasteiger partial charge is 0.319 e. The quantitative estimate of drug-likeness (QED) is 0.907. The fourth-order valence-corrected chi connectivity index (χ4v) is 1.95. The summed E-state index contributed by atoms with van der Waals surface area (Å²) < 4.78 is 5.22. The maximum atomic E-state index is 11.9. The normalized spacial score (nSPS) is 10.0. The summed E-state index contributed by atoms with van der Waals surface area (Å²) in [6, 6.07) is 11.0. The molecule has 110 valence electrons. The largest absolute Gasteiger partial charge is 0.495 e. The number of aromatic nitrogens is 1. The van der Waals surface area contributed by atoms with Crippen LogP contribution in [0.5, 0.6) is 5.75 Å². The molecule has 0 aliphatic heterocycles. The lowest BCUT2D eigenvalue weighted by Gasteiger charge is -2.12. The molecule has 0 unspecified atom stereocenters. The zero-order valence-corrected chi connectivity index (χ0v) is 12.4. The molecule has 2 N–H and O–H groups in total. The number of hydrogen-bond donors (Lipinski definition) is 2. The zero-order valence-electron chi connectivity index (χ0n) is 12.4. The van der Waals surface area contributed by atoms with E-state index in [2.05, 4.69) is 15.6 Å². The molecule has 0 atom stereocenters. The second-order valence-corrected chi connectivity index (χ2v) is 4.78. The molecule has 0 fully saturated rings. The van der Waals surface area contributed by atoms with Crippen LogP contribution in [0.1, 0.15) is 17.0 Å². The lowest BCUT2D eigenvalue weighted by Crippen LogP contribution is -2.28. The Bertz CT molecular complexity index is 641. The maximum Gasteiger partial charge on any atom is 0.319 e. The number of nitrogens with one attached hydrogen (secondary N) is 2. The first kappa shape index (κ1) is 14.8. The van der Waals surface area contributed by atoms with Gasteiger partial charge in [-0.25, -0.2) is 4.79 Å². The first-order valence-corrected chi connectivity index (χ1v) is 6.70. The van der Waals surface area contributed by atoms with Crippen LogP contribution in [0.2, 0.25) is 0 Å². The Kier molecular flexibility index (Phi) is 4.77. The Hall–Kier alpha value is -2.56. The van der Waals surface area contributed by atoms with Crippen LogP contribution >= 0.6 is 0 Å². The fraction of sp³-hybridized carbons (Fsp3) is 0.250. The molecule has 1 aromatic heterocycles. The van der Waals surface area contributed by atoms with Gasteiger partial charge in [-0.15, -0.1) is 0 Å². The molecule has 1 aromatic carbocycles. The van der Waals surface area contributed by atoms with E-state index < -0.39 is 0 Å². The lowest BCUT2D eigenvalue weighted by atomic mass is 10.2. The van der Waals surface area contributed by atoms with Crippen LogP contribution in [0.3, 0.4) is 0 Å². The highest BCUT2D eigenvalue weighted by molar-refractivity contribution is 5.91. The lowest BCUT2D eigenvalue weighted by molar-refractivity contribution is 0.251. The minimum atomic E-state index is -0.290. The summed E-state index contributed by atoms with van der Waals surface area (Å²) in [5.74, 6) is 0.629. The van der Waals surface area contributed by atoms with Crippen molar-refractivity contribution < 1.29 is 9.53 Å². The number of rotatable bonds is 4. The average molecular weight is 285 g/mol. The van der Waals surface area contributed by atoms with E-state index in [9.17, 15) is 4.79 Å². The molecule has 0 radical (unpaired) electrons. The van der Waals surface area contributed by atoms with Crippen molar-refractivity contribution in [2.45, 2.75) is 20.4 Å². The van der Waals surface area contributed by atoms with Crippen molar-refractivity contribution in [2.24, 2.45) is 0 Å². The molecule has 2 aromatic rings. The van der Waals surface area contributed by atoms with Gasteiger partial charge in [-0.1, -0.05) is 12.1 Å². The molecule has 0 aliphatic carbocycles. The minimum absolute atomic E-state index is 0.290. The Morgan fingerprint density at radius 3 is 2.76 bits per heavy atom. The third kappa shape index (κ3) is 4.21. The van der Waals surface area contributed by atoms with Gasteiger partial charge < -0.3 is 15.4 Å². The van der Waals surface area contributed by atoms with E-state index in [0.717, 1.165) is 17.0 Å². The predicted octanol–water partition coefficient (Wildman–Crippen LogP) is 3.03. The third-order valence-corrected chi connectivity index (χ3v) is 2.98. The fourth-order valence-electron chi connectivity index (χ4n) is 1.95. The van der Waals surface area contributed by atoms with Crippen LogP contribution in [-0.4, -0.2) is 18.1 Å². The van der Waals surface area contributed by atoms with Crippen LogP contribution in [0, 0.1) is 13.8 Å². The molecular weight excluding hydrogens is 266 g/mol. The van der Waals surface area contributed by atoms with Gasteiger partial charge in [0.25, 0.3) is 0 Å². The standard InChI is InChI=1S/C16H19N3O2/c1-11-7-8-15(21-3)14(9-11)19-16(20)17-10-13-6-4-5-12(2)18-13/h4-9H,10H2,1-3H3,(H2,17,19,20). The number of methoxy groups -OCH3 is 1. The van der Waals surface area contributed by atoms with Crippen LogP contribution < -0.4 is 15.4 Å². The Morgan fingerprint density at radius 1 is 1.24 bits per heavy atom. The highest BCUT2D eigenvalue weighted by atomic mass is 16.5. The topological polar surface area (TPSA) is 63.2 Å². The number of pyridine rings is 1. The maximum absolute atomic E-state index is 11.9. The van der Waals surface area contributed by atoms with Crippen LogP contribution in [0.4, 0.5) is 10.5 Å². The number of carbonyl (C=O) groups excluding carboxylic acids is 1. The number of hydrogen-bond acceptors (Lipinski definition) is 3. The first-order valence-electron chi connectivity index (χ1n) is 6.70. The van der Waals surface area contributed by atoms with Crippen LogP contribution in [0.15, 0.2) is 36.4 Å². The summed E-state index contributed by atoms with van der Waals surface area (Å²) >= 11 is 0. The molecule has 5 heteroatoms. The molecule has 0 saturated heterocycles. The predicted molar refractivity (Wildman–Crippen MR) is 82.6 cm³/mol. The van der Waals surface area contributed by atoms with E-state index in [-0.39, 0.29) is 6.03 Å². The van der Waals surface area contributed by atoms with Gasteiger partial charge in [-0.2, -0.15) is 0 Å². The number of anilines is 1. The van der Waals surface area contributed by atoms with Gasteiger partial charge in [0.2, 0.25) is 0 Å². The Morgan fingerprint density at radius 2 is 2.05 bits per heavy atom. The third-order valence-electron chi connectivity index (χ3n) is 2.98. The number of amides is 2. The van der Waals surface area contributed by atoms with Crippen molar-refractivity contribution in [1.29, 1.82) is 0 Å². The Balaban J connectivity index is 1.97. The zero-order chi connectivity index (χ0) is 15.2. The van der Waals surface area contributed by atoms with Gasteiger partial charge in [0, 0.05) is 5.69 Å². The van der Waals surface area contributed by atoms with Crippen molar-refractivity contribution in [3.05, 3.63) is 53.3 Å². The van der Waals surface area contributed by atoms with Crippen molar-refractivity contribution in [3.8, 4) is 5.75 Å². The molecule has 5 nitrogen and oxygen atoms in total. The molecule has 2 rings (SSSR count). The van der Waals surface area contributed by atoms with E-state index >= 15 is 0 Å². The van der Waals surface area contributed by atoms with Gasteiger partial charge in [0.15, 0.2) is 0 Å². The number of benzene rings is 1. The van der Waals surface area contributed by atoms with Crippen molar-refractivity contribution >= 4 is 11.7 Å². The number of aryl methyl sites for hydroxylation is 2. The molecule has 0 aliphatic rings. The van der Waals surface area contributed by atoms with Crippen LogP contribution in [0.25, 0.3) is 0 Å². The second kappa shape index (κ2) is 6.74. The summed E-state index contributed by atoms with van der Waals surface area (Å²) in [5, 5.41) is 5.56. The van der Waals surface area contributed by atoms with Gasteiger partial charge in [-0.05, 0) is 43.7 Å². The SMILES string of the molecule is COc1ccc(C)cc1NC(=O)NCc1cccc(C)n1. The van der Waals surface area contributed by atoms with Crippen molar-refractivity contribution in [2.75, 3.05) is 12.4 Å². The van der Waals surface area contributed by atoms with Gasteiger partial charge >= 0.3 is 6.03 Å². The molecular formula is C16H19N3O2. The highest BCUT2D eigenvalue weighted by Gasteiger charge is 2.07.